The van der Waals surface area contributed by atoms with Crippen molar-refractivity contribution in [2.24, 2.45) is 0 Å². The van der Waals surface area contributed by atoms with E-state index in [-0.39, 0.29) is 0 Å². The van der Waals surface area contributed by atoms with Crippen LogP contribution < -0.4 is 5.32 Å². The quantitative estimate of drug-likeness (QED) is 0.575. The second-order valence-electron chi connectivity index (χ2n) is 4.04. The van der Waals surface area contributed by atoms with Gasteiger partial charge in [0.1, 0.15) is 0 Å². The molecule has 1 unspecified atom stereocenters. The van der Waals surface area contributed by atoms with E-state index < -0.39 is 0 Å². The zero-order chi connectivity index (χ0) is 10.8. The Balaban J connectivity index is 3.62. The summed E-state index contributed by atoms with van der Waals surface area (Å²) < 4.78 is 0. The SMILES string of the molecule is CCCCN(C)C(CC)CCNCC. The van der Waals surface area contributed by atoms with Crippen LogP contribution in [0.4, 0.5) is 0 Å². The molecule has 0 rings (SSSR count). The van der Waals surface area contributed by atoms with Gasteiger partial charge in [-0.1, -0.05) is 27.2 Å². The molecule has 86 valence electrons. The van der Waals surface area contributed by atoms with Crippen molar-refractivity contribution in [3.63, 3.8) is 0 Å². The van der Waals surface area contributed by atoms with E-state index in [9.17, 15) is 0 Å². The summed E-state index contributed by atoms with van der Waals surface area (Å²) in [4.78, 5) is 2.51. The van der Waals surface area contributed by atoms with Gasteiger partial charge >= 0.3 is 0 Å². The molecule has 0 heterocycles. The van der Waals surface area contributed by atoms with E-state index in [0.29, 0.717) is 0 Å². The van der Waals surface area contributed by atoms with Crippen molar-refractivity contribution in [2.45, 2.75) is 52.5 Å². The average molecular weight is 200 g/mol. The van der Waals surface area contributed by atoms with Crippen molar-refractivity contribution < 1.29 is 0 Å². The van der Waals surface area contributed by atoms with E-state index in [1.807, 2.05) is 0 Å². The minimum Gasteiger partial charge on any atom is -0.317 e. The number of hydrogen-bond acceptors (Lipinski definition) is 2. The maximum absolute atomic E-state index is 3.40. The monoisotopic (exact) mass is 200 g/mol. The molecule has 14 heavy (non-hydrogen) atoms. The normalized spacial score (nSPS) is 13.5. The summed E-state index contributed by atoms with van der Waals surface area (Å²) in [5, 5.41) is 3.40. The summed E-state index contributed by atoms with van der Waals surface area (Å²) in [6.45, 7) is 10.2. The van der Waals surface area contributed by atoms with Gasteiger partial charge in [0.25, 0.3) is 0 Å². The van der Waals surface area contributed by atoms with Crippen LogP contribution in [0.15, 0.2) is 0 Å². The summed E-state index contributed by atoms with van der Waals surface area (Å²) in [6, 6.07) is 0.764. The van der Waals surface area contributed by atoms with E-state index in [0.717, 1.165) is 19.1 Å². The highest BCUT2D eigenvalue weighted by Crippen LogP contribution is 2.07. The van der Waals surface area contributed by atoms with Crippen LogP contribution in [0.25, 0.3) is 0 Å². The zero-order valence-electron chi connectivity index (χ0n) is 10.5. The second kappa shape index (κ2) is 9.47. The number of nitrogens with zero attached hydrogens (tertiary/aromatic N) is 1. The van der Waals surface area contributed by atoms with Crippen LogP contribution in [0.3, 0.4) is 0 Å². The maximum Gasteiger partial charge on any atom is 0.0102 e. The van der Waals surface area contributed by atoms with Crippen molar-refractivity contribution in [1.82, 2.24) is 10.2 Å². The Kier molecular flexibility index (Phi) is 9.42. The van der Waals surface area contributed by atoms with Gasteiger partial charge in [-0.3, -0.25) is 0 Å². The van der Waals surface area contributed by atoms with E-state index >= 15 is 0 Å². The van der Waals surface area contributed by atoms with Crippen molar-refractivity contribution >= 4 is 0 Å². The second-order valence-corrected chi connectivity index (χ2v) is 4.04. The van der Waals surface area contributed by atoms with Crippen molar-refractivity contribution in [2.75, 3.05) is 26.7 Å². The Morgan fingerprint density at radius 3 is 2.43 bits per heavy atom. The molecule has 0 aromatic carbocycles. The van der Waals surface area contributed by atoms with E-state index in [2.05, 4.69) is 38.0 Å². The van der Waals surface area contributed by atoms with Gasteiger partial charge in [-0.2, -0.15) is 0 Å². The molecule has 2 heteroatoms. The maximum atomic E-state index is 3.40. The molecule has 0 aliphatic carbocycles. The van der Waals surface area contributed by atoms with Crippen molar-refractivity contribution in [3.8, 4) is 0 Å². The number of rotatable bonds is 9. The predicted octanol–water partition coefficient (Wildman–Crippen LogP) is 2.50. The number of nitrogens with one attached hydrogen (secondary N) is 1. The fourth-order valence-corrected chi connectivity index (χ4v) is 1.77. The molecule has 0 saturated carbocycles. The van der Waals surface area contributed by atoms with Crippen LogP contribution in [-0.4, -0.2) is 37.6 Å². The minimum atomic E-state index is 0.764. The van der Waals surface area contributed by atoms with Crippen LogP contribution in [0.1, 0.15) is 46.5 Å². The first-order valence-electron chi connectivity index (χ1n) is 6.17. The first-order chi connectivity index (χ1) is 6.76. The largest absolute Gasteiger partial charge is 0.317 e. The van der Waals surface area contributed by atoms with E-state index in [4.69, 9.17) is 0 Å². The molecule has 0 aliphatic rings. The standard InChI is InChI=1S/C12H28N2/c1-5-8-11-14(4)12(6-2)9-10-13-7-3/h12-13H,5-11H2,1-4H3. The van der Waals surface area contributed by atoms with Crippen LogP contribution >= 0.6 is 0 Å². The van der Waals surface area contributed by atoms with Crippen LogP contribution in [0, 0.1) is 0 Å². The Morgan fingerprint density at radius 1 is 1.21 bits per heavy atom. The molecule has 0 aromatic rings. The smallest absolute Gasteiger partial charge is 0.0102 e. The molecule has 1 N–H and O–H groups in total. The lowest BCUT2D eigenvalue weighted by molar-refractivity contribution is 0.220. The van der Waals surface area contributed by atoms with Gasteiger partial charge in [-0.25, -0.2) is 0 Å². The fraction of sp³-hybridized carbons (Fsp3) is 1.00. The summed E-state index contributed by atoms with van der Waals surface area (Å²) in [5.74, 6) is 0. The van der Waals surface area contributed by atoms with Gasteiger partial charge in [0.2, 0.25) is 0 Å². The Morgan fingerprint density at radius 2 is 1.93 bits per heavy atom. The summed E-state index contributed by atoms with van der Waals surface area (Å²) in [5.41, 5.74) is 0. The molecule has 2 nitrogen and oxygen atoms in total. The fourth-order valence-electron chi connectivity index (χ4n) is 1.77. The van der Waals surface area contributed by atoms with Crippen molar-refractivity contribution in [1.29, 1.82) is 0 Å². The Hall–Kier alpha value is -0.0800. The minimum absolute atomic E-state index is 0.764. The first-order valence-corrected chi connectivity index (χ1v) is 6.17. The van der Waals surface area contributed by atoms with Gasteiger partial charge in [-0.05, 0) is 45.9 Å². The van der Waals surface area contributed by atoms with Crippen LogP contribution in [0.5, 0.6) is 0 Å². The third-order valence-corrected chi connectivity index (χ3v) is 2.86. The number of hydrogen-bond donors (Lipinski definition) is 1. The summed E-state index contributed by atoms with van der Waals surface area (Å²) in [7, 11) is 2.26. The van der Waals surface area contributed by atoms with Gasteiger partial charge in [0, 0.05) is 6.04 Å². The molecular formula is C12H28N2. The zero-order valence-corrected chi connectivity index (χ0v) is 10.5. The molecule has 0 amide bonds. The Labute approximate surface area is 90.1 Å². The average Bonchev–Trinajstić information content (AvgIpc) is 2.21. The Bertz CT molecular complexity index is 115. The lowest BCUT2D eigenvalue weighted by atomic mass is 10.1. The van der Waals surface area contributed by atoms with Crippen molar-refractivity contribution in [3.05, 3.63) is 0 Å². The molecular weight excluding hydrogens is 172 g/mol. The van der Waals surface area contributed by atoms with Gasteiger partial charge in [0.05, 0.1) is 0 Å². The van der Waals surface area contributed by atoms with Gasteiger partial charge in [0.15, 0.2) is 0 Å². The lowest BCUT2D eigenvalue weighted by Crippen LogP contribution is -2.34. The van der Waals surface area contributed by atoms with Gasteiger partial charge in [-0.15, -0.1) is 0 Å². The van der Waals surface area contributed by atoms with Crippen LogP contribution in [-0.2, 0) is 0 Å². The molecule has 0 aromatic heterocycles. The molecule has 1 atom stereocenters. The highest BCUT2D eigenvalue weighted by molar-refractivity contribution is 4.68. The lowest BCUT2D eigenvalue weighted by Gasteiger charge is -2.27. The molecule has 0 spiro atoms. The van der Waals surface area contributed by atoms with E-state index in [1.165, 1.54) is 32.2 Å². The van der Waals surface area contributed by atoms with Crippen LogP contribution in [0.2, 0.25) is 0 Å². The third kappa shape index (κ3) is 6.39. The number of unbranched alkanes of at least 4 members (excludes halogenated alkanes) is 1. The van der Waals surface area contributed by atoms with E-state index in [1.54, 1.807) is 0 Å². The highest BCUT2D eigenvalue weighted by atomic mass is 15.1. The summed E-state index contributed by atoms with van der Waals surface area (Å²) >= 11 is 0. The molecule has 0 fully saturated rings. The highest BCUT2D eigenvalue weighted by Gasteiger charge is 2.10. The summed E-state index contributed by atoms with van der Waals surface area (Å²) in [6.07, 6.45) is 5.18. The third-order valence-electron chi connectivity index (χ3n) is 2.86. The van der Waals surface area contributed by atoms with Gasteiger partial charge < -0.3 is 10.2 Å². The molecule has 0 radical (unpaired) electrons. The molecule has 0 saturated heterocycles. The first kappa shape index (κ1) is 13.9. The predicted molar refractivity (Wildman–Crippen MR) is 64.8 cm³/mol. The topological polar surface area (TPSA) is 15.3 Å². The molecule has 0 bridgehead atoms. The molecule has 0 aliphatic heterocycles.